The van der Waals surface area contributed by atoms with E-state index in [1.807, 2.05) is 32.2 Å². The predicted molar refractivity (Wildman–Crippen MR) is 79.0 cm³/mol. The van der Waals surface area contributed by atoms with Crippen LogP contribution in [-0.2, 0) is 4.79 Å². The van der Waals surface area contributed by atoms with Crippen LogP contribution in [0.3, 0.4) is 0 Å². The quantitative estimate of drug-likeness (QED) is 0.785. The molecule has 2 N–H and O–H groups in total. The second-order valence-electron chi connectivity index (χ2n) is 3.96. The summed E-state index contributed by atoms with van der Waals surface area (Å²) in [5.74, 6) is 2.78. The highest BCUT2D eigenvalue weighted by Crippen LogP contribution is 2.28. The summed E-state index contributed by atoms with van der Waals surface area (Å²) in [4.78, 5) is 11.5. The molecule has 1 amide bonds. The molecule has 0 saturated carbocycles. The van der Waals surface area contributed by atoms with E-state index in [1.165, 1.54) is 0 Å². The molecule has 1 atom stereocenters. The second-order valence-corrected chi connectivity index (χ2v) is 4.88. The van der Waals surface area contributed by atoms with Gasteiger partial charge in [-0.1, -0.05) is 27.9 Å². The Kier molecular flexibility index (Phi) is 6.40. The number of nitrogens with one attached hydrogen (secondary N) is 2. The van der Waals surface area contributed by atoms with E-state index in [-0.39, 0.29) is 25.1 Å². The van der Waals surface area contributed by atoms with E-state index in [0.717, 1.165) is 10.0 Å². The first-order valence-electron chi connectivity index (χ1n) is 5.88. The van der Waals surface area contributed by atoms with Gasteiger partial charge in [-0.2, -0.15) is 0 Å². The topological polar surface area (TPSA) is 50.4 Å². The number of benzene rings is 1. The lowest BCUT2D eigenvalue weighted by atomic mass is 10.1. The van der Waals surface area contributed by atoms with Crippen molar-refractivity contribution in [2.75, 3.05) is 20.2 Å². The minimum Gasteiger partial charge on any atom is -0.483 e. The highest BCUT2D eigenvalue weighted by molar-refractivity contribution is 9.10. The average Bonchev–Trinajstić information content (AvgIpc) is 2.42. The van der Waals surface area contributed by atoms with Crippen LogP contribution in [0.4, 0.5) is 0 Å². The van der Waals surface area contributed by atoms with E-state index in [1.54, 1.807) is 0 Å². The van der Waals surface area contributed by atoms with Gasteiger partial charge in [-0.15, -0.1) is 6.42 Å². The van der Waals surface area contributed by atoms with Gasteiger partial charge < -0.3 is 15.4 Å². The van der Waals surface area contributed by atoms with Gasteiger partial charge >= 0.3 is 0 Å². The van der Waals surface area contributed by atoms with Gasteiger partial charge in [-0.05, 0) is 26.1 Å². The van der Waals surface area contributed by atoms with Crippen LogP contribution in [0.25, 0.3) is 0 Å². The lowest BCUT2D eigenvalue weighted by molar-refractivity contribution is -0.122. The zero-order valence-electron chi connectivity index (χ0n) is 11.0. The van der Waals surface area contributed by atoms with E-state index >= 15 is 0 Å². The van der Waals surface area contributed by atoms with Crippen LogP contribution in [0.2, 0.25) is 0 Å². The zero-order valence-corrected chi connectivity index (χ0v) is 12.6. The van der Waals surface area contributed by atoms with Crippen molar-refractivity contribution in [3.8, 4) is 18.1 Å². The van der Waals surface area contributed by atoms with Gasteiger partial charge in [0.1, 0.15) is 5.75 Å². The van der Waals surface area contributed by atoms with Crippen molar-refractivity contribution in [3.05, 3.63) is 28.2 Å². The normalized spacial score (nSPS) is 11.5. The fourth-order valence-corrected chi connectivity index (χ4v) is 1.83. The van der Waals surface area contributed by atoms with Crippen LogP contribution >= 0.6 is 15.9 Å². The molecule has 4 nitrogen and oxygen atoms in total. The molecule has 0 aromatic heterocycles. The van der Waals surface area contributed by atoms with Crippen molar-refractivity contribution in [1.82, 2.24) is 10.6 Å². The number of hydrogen-bond donors (Lipinski definition) is 2. The fraction of sp³-hybridized carbons (Fsp3) is 0.357. The van der Waals surface area contributed by atoms with Crippen molar-refractivity contribution >= 4 is 21.8 Å². The molecule has 19 heavy (non-hydrogen) atoms. The Hall–Kier alpha value is -1.51. The van der Waals surface area contributed by atoms with Crippen molar-refractivity contribution in [1.29, 1.82) is 0 Å². The third kappa shape index (κ3) is 4.93. The summed E-state index contributed by atoms with van der Waals surface area (Å²) in [6.45, 7) is 2.18. The molecule has 1 unspecified atom stereocenters. The smallest absolute Gasteiger partial charge is 0.258 e. The van der Waals surface area contributed by atoms with E-state index in [0.29, 0.717) is 5.75 Å². The van der Waals surface area contributed by atoms with Crippen LogP contribution in [0.1, 0.15) is 18.5 Å². The molecular formula is C14H17BrN2O2. The van der Waals surface area contributed by atoms with Crippen molar-refractivity contribution in [2.45, 2.75) is 13.0 Å². The summed E-state index contributed by atoms with van der Waals surface area (Å²) in [6.07, 6.45) is 5.07. The Morgan fingerprint density at radius 3 is 2.95 bits per heavy atom. The molecule has 1 rings (SSSR count). The SMILES string of the molecule is C#CCNC(=O)COc1cc(Br)ccc1C(C)NC. The molecule has 5 heteroatoms. The van der Waals surface area contributed by atoms with Crippen LogP contribution in [0, 0.1) is 12.3 Å². The molecule has 0 saturated heterocycles. The van der Waals surface area contributed by atoms with Gasteiger partial charge in [0.2, 0.25) is 0 Å². The molecule has 0 spiro atoms. The summed E-state index contributed by atoms with van der Waals surface area (Å²) in [6, 6.07) is 5.88. The van der Waals surface area contributed by atoms with Gasteiger partial charge in [-0.25, -0.2) is 0 Å². The first-order valence-corrected chi connectivity index (χ1v) is 6.67. The summed E-state index contributed by atoms with van der Waals surface area (Å²) in [7, 11) is 1.87. The number of carbonyl (C=O) groups is 1. The lowest BCUT2D eigenvalue weighted by Crippen LogP contribution is -2.29. The second kappa shape index (κ2) is 7.82. The average molecular weight is 325 g/mol. The maximum Gasteiger partial charge on any atom is 0.258 e. The van der Waals surface area contributed by atoms with Crippen LogP contribution < -0.4 is 15.4 Å². The molecule has 0 bridgehead atoms. The molecule has 1 aromatic rings. The van der Waals surface area contributed by atoms with Gasteiger partial charge in [-0.3, -0.25) is 4.79 Å². The Balaban J connectivity index is 2.74. The first-order chi connectivity index (χ1) is 9.08. The minimum absolute atomic E-state index is 0.0540. The maximum absolute atomic E-state index is 11.5. The molecule has 0 aliphatic carbocycles. The van der Waals surface area contributed by atoms with Crippen LogP contribution in [-0.4, -0.2) is 26.1 Å². The van der Waals surface area contributed by atoms with Gasteiger partial charge in [0, 0.05) is 16.1 Å². The van der Waals surface area contributed by atoms with Crippen LogP contribution in [0.5, 0.6) is 5.75 Å². The van der Waals surface area contributed by atoms with Crippen molar-refractivity contribution in [3.63, 3.8) is 0 Å². The summed E-state index contributed by atoms with van der Waals surface area (Å²) >= 11 is 3.39. The van der Waals surface area contributed by atoms with Crippen molar-refractivity contribution in [2.24, 2.45) is 0 Å². The largest absolute Gasteiger partial charge is 0.483 e. The standard InChI is InChI=1S/C14H17BrN2O2/c1-4-7-17-14(18)9-19-13-8-11(15)5-6-12(13)10(2)16-3/h1,5-6,8,10,16H,7,9H2,2-3H3,(H,17,18). The summed E-state index contributed by atoms with van der Waals surface area (Å²) in [5.41, 5.74) is 0.996. The number of ether oxygens (including phenoxy) is 1. The monoisotopic (exact) mass is 324 g/mol. The minimum atomic E-state index is -0.235. The molecule has 0 heterocycles. The predicted octanol–water partition coefficient (Wildman–Crippen LogP) is 1.86. The maximum atomic E-state index is 11.5. The molecule has 0 aliphatic rings. The molecule has 0 aliphatic heterocycles. The van der Waals surface area contributed by atoms with Gasteiger partial charge in [0.25, 0.3) is 5.91 Å². The lowest BCUT2D eigenvalue weighted by Gasteiger charge is -2.16. The highest BCUT2D eigenvalue weighted by Gasteiger charge is 2.12. The van der Waals surface area contributed by atoms with Gasteiger partial charge in [0.05, 0.1) is 6.54 Å². The third-order valence-electron chi connectivity index (χ3n) is 2.62. The molecule has 102 valence electrons. The Morgan fingerprint density at radius 1 is 1.58 bits per heavy atom. The number of halogens is 1. The van der Waals surface area contributed by atoms with Crippen molar-refractivity contribution < 1.29 is 9.53 Å². The number of amides is 1. The molecular weight excluding hydrogens is 308 g/mol. The Bertz CT molecular complexity index is 483. The molecule has 0 fully saturated rings. The summed E-state index contributed by atoms with van der Waals surface area (Å²) < 4.78 is 6.45. The molecule has 1 aromatic carbocycles. The number of hydrogen-bond acceptors (Lipinski definition) is 3. The zero-order chi connectivity index (χ0) is 14.3. The fourth-order valence-electron chi connectivity index (χ4n) is 1.49. The first kappa shape index (κ1) is 15.5. The van der Waals surface area contributed by atoms with E-state index < -0.39 is 0 Å². The van der Waals surface area contributed by atoms with E-state index in [2.05, 4.69) is 32.5 Å². The Morgan fingerprint density at radius 2 is 2.32 bits per heavy atom. The number of terminal acetylenes is 1. The highest BCUT2D eigenvalue weighted by atomic mass is 79.9. The number of carbonyl (C=O) groups excluding carboxylic acids is 1. The summed E-state index contributed by atoms with van der Waals surface area (Å²) in [5, 5.41) is 5.69. The Labute approximate surface area is 122 Å². The van der Waals surface area contributed by atoms with Gasteiger partial charge in [0.15, 0.2) is 6.61 Å². The molecule has 0 radical (unpaired) electrons. The third-order valence-corrected chi connectivity index (χ3v) is 3.11. The van der Waals surface area contributed by atoms with Crippen LogP contribution in [0.15, 0.2) is 22.7 Å². The van der Waals surface area contributed by atoms with E-state index in [9.17, 15) is 4.79 Å². The van der Waals surface area contributed by atoms with E-state index in [4.69, 9.17) is 11.2 Å². The number of rotatable bonds is 6.